The molecule has 6 nitrogen and oxygen atoms in total. The van der Waals surface area contributed by atoms with Gasteiger partial charge in [-0.2, -0.15) is 0 Å². The summed E-state index contributed by atoms with van der Waals surface area (Å²) in [5.74, 6) is 0. The molecule has 3 unspecified atom stereocenters. The Balaban J connectivity index is 3.56. The number of ether oxygens (including phenoxy) is 2. The topological polar surface area (TPSA) is 91.2 Å². The van der Waals surface area contributed by atoms with Crippen molar-refractivity contribution in [3.63, 3.8) is 0 Å². The predicted molar refractivity (Wildman–Crippen MR) is 63.9 cm³/mol. The predicted octanol–water partition coefficient (Wildman–Crippen LogP) is -1.27. The summed E-state index contributed by atoms with van der Waals surface area (Å²) in [6.07, 6.45) is -0.709. The highest BCUT2D eigenvalue weighted by atomic mass is 16.5. The van der Waals surface area contributed by atoms with E-state index in [2.05, 4.69) is 5.32 Å². The lowest BCUT2D eigenvalue weighted by Crippen LogP contribution is -2.44. The number of nitrogens with one attached hydrogen (secondary N) is 1. The lowest BCUT2D eigenvalue weighted by molar-refractivity contribution is -0.0346. The fraction of sp³-hybridized carbons (Fsp3) is 1.00. The summed E-state index contributed by atoms with van der Waals surface area (Å²) in [6, 6.07) is 0. The Morgan fingerprint density at radius 1 is 1.35 bits per heavy atom. The SMILES string of the molecule is COCC(C)OCC(O)CNCC(C)(O)CO. The second-order valence-corrected chi connectivity index (χ2v) is 4.54. The normalized spacial score (nSPS) is 18.7. The van der Waals surface area contributed by atoms with E-state index in [-0.39, 0.29) is 25.9 Å². The van der Waals surface area contributed by atoms with Crippen molar-refractivity contribution in [1.29, 1.82) is 0 Å². The number of hydrogen-bond donors (Lipinski definition) is 4. The van der Waals surface area contributed by atoms with Crippen molar-refractivity contribution in [2.24, 2.45) is 0 Å². The summed E-state index contributed by atoms with van der Waals surface area (Å²) in [7, 11) is 1.59. The van der Waals surface area contributed by atoms with Crippen LogP contribution in [0.25, 0.3) is 0 Å². The standard InChI is InChI=1S/C11H25NO5/c1-9(5-16-3)17-6-10(14)4-12-7-11(2,15)8-13/h9-10,12-15H,4-8H2,1-3H3. The van der Waals surface area contributed by atoms with Gasteiger partial charge in [-0.05, 0) is 13.8 Å². The molecular formula is C11H25NO5. The highest BCUT2D eigenvalue weighted by molar-refractivity contribution is 4.74. The van der Waals surface area contributed by atoms with Crippen LogP contribution in [0.1, 0.15) is 13.8 Å². The lowest BCUT2D eigenvalue weighted by Gasteiger charge is -2.22. The summed E-state index contributed by atoms with van der Waals surface area (Å²) in [5, 5.41) is 30.7. The molecule has 0 saturated heterocycles. The Labute approximate surface area is 103 Å². The molecule has 0 heterocycles. The Morgan fingerprint density at radius 2 is 2.00 bits per heavy atom. The molecule has 0 fully saturated rings. The molecule has 0 aliphatic carbocycles. The molecule has 17 heavy (non-hydrogen) atoms. The molecule has 3 atom stereocenters. The molecule has 6 heteroatoms. The molecule has 0 aromatic carbocycles. The zero-order valence-corrected chi connectivity index (χ0v) is 10.8. The van der Waals surface area contributed by atoms with Crippen LogP contribution in [0, 0.1) is 0 Å². The zero-order valence-electron chi connectivity index (χ0n) is 10.8. The van der Waals surface area contributed by atoms with Gasteiger partial charge in [-0.25, -0.2) is 0 Å². The second-order valence-electron chi connectivity index (χ2n) is 4.54. The van der Waals surface area contributed by atoms with Gasteiger partial charge in [-0.1, -0.05) is 0 Å². The molecular weight excluding hydrogens is 226 g/mol. The molecule has 0 saturated carbocycles. The van der Waals surface area contributed by atoms with E-state index in [1.165, 1.54) is 6.92 Å². The van der Waals surface area contributed by atoms with E-state index < -0.39 is 11.7 Å². The van der Waals surface area contributed by atoms with Crippen LogP contribution in [0.5, 0.6) is 0 Å². The maximum Gasteiger partial charge on any atom is 0.0972 e. The van der Waals surface area contributed by atoms with Crippen LogP contribution in [-0.2, 0) is 9.47 Å². The first-order chi connectivity index (χ1) is 7.91. The quantitative estimate of drug-likeness (QED) is 0.387. The Kier molecular flexibility index (Phi) is 8.67. The lowest BCUT2D eigenvalue weighted by atomic mass is 10.1. The molecule has 4 N–H and O–H groups in total. The summed E-state index contributed by atoms with van der Waals surface area (Å²) in [4.78, 5) is 0. The van der Waals surface area contributed by atoms with E-state index in [1.54, 1.807) is 7.11 Å². The van der Waals surface area contributed by atoms with E-state index >= 15 is 0 Å². The summed E-state index contributed by atoms with van der Waals surface area (Å²) < 4.78 is 10.2. The molecule has 0 aliphatic rings. The largest absolute Gasteiger partial charge is 0.393 e. The number of aliphatic hydroxyl groups is 3. The van der Waals surface area contributed by atoms with Crippen LogP contribution in [0.2, 0.25) is 0 Å². The van der Waals surface area contributed by atoms with Gasteiger partial charge in [0.1, 0.15) is 0 Å². The van der Waals surface area contributed by atoms with Crippen molar-refractivity contribution >= 4 is 0 Å². The van der Waals surface area contributed by atoms with Crippen LogP contribution >= 0.6 is 0 Å². The van der Waals surface area contributed by atoms with Gasteiger partial charge in [-0.15, -0.1) is 0 Å². The first-order valence-electron chi connectivity index (χ1n) is 5.74. The number of hydrogen-bond acceptors (Lipinski definition) is 6. The maximum absolute atomic E-state index is 9.56. The third-order valence-electron chi connectivity index (χ3n) is 2.20. The third kappa shape index (κ3) is 9.46. The van der Waals surface area contributed by atoms with Crippen molar-refractivity contribution in [1.82, 2.24) is 5.32 Å². The fourth-order valence-electron chi connectivity index (χ4n) is 1.18. The minimum absolute atomic E-state index is 0.0600. The number of rotatable bonds is 10. The first kappa shape index (κ1) is 16.8. The molecule has 0 aromatic rings. The van der Waals surface area contributed by atoms with Crippen LogP contribution in [0.3, 0.4) is 0 Å². The monoisotopic (exact) mass is 251 g/mol. The summed E-state index contributed by atoms with van der Waals surface area (Å²) >= 11 is 0. The second kappa shape index (κ2) is 8.79. The van der Waals surface area contributed by atoms with Crippen molar-refractivity contribution in [2.75, 3.05) is 40.0 Å². The van der Waals surface area contributed by atoms with Gasteiger partial charge in [0.05, 0.1) is 37.6 Å². The molecule has 104 valence electrons. The minimum atomic E-state index is -1.16. The zero-order chi connectivity index (χ0) is 13.3. The average molecular weight is 251 g/mol. The Morgan fingerprint density at radius 3 is 2.53 bits per heavy atom. The van der Waals surface area contributed by atoms with Crippen LogP contribution < -0.4 is 5.32 Å². The molecule has 0 spiro atoms. The van der Waals surface area contributed by atoms with Gasteiger partial charge in [0, 0.05) is 20.2 Å². The van der Waals surface area contributed by atoms with Crippen molar-refractivity contribution in [3.05, 3.63) is 0 Å². The summed E-state index contributed by atoms with van der Waals surface area (Å²) in [6.45, 7) is 4.27. The molecule has 0 rings (SSSR count). The molecule has 0 aromatic heterocycles. The van der Waals surface area contributed by atoms with E-state index in [9.17, 15) is 10.2 Å². The molecule has 0 radical (unpaired) electrons. The van der Waals surface area contributed by atoms with Crippen LogP contribution in [0.15, 0.2) is 0 Å². The van der Waals surface area contributed by atoms with Gasteiger partial charge in [0.15, 0.2) is 0 Å². The van der Waals surface area contributed by atoms with Gasteiger partial charge in [0.2, 0.25) is 0 Å². The Hall–Kier alpha value is -0.240. The summed E-state index contributed by atoms with van der Waals surface area (Å²) in [5.41, 5.74) is -1.16. The molecule has 0 bridgehead atoms. The number of methoxy groups -OCH3 is 1. The van der Waals surface area contributed by atoms with Gasteiger partial charge >= 0.3 is 0 Å². The Bertz CT molecular complexity index is 189. The van der Waals surface area contributed by atoms with E-state index in [1.807, 2.05) is 6.92 Å². The van der Waals surface area contributed by atoms with Crippen LogP contribution in [0.4, 0.5) is 0 Å². The fourth-order valence-corrected chi connectivity index (χ4v) is 1.18. The van der Waals surface area contributed by atoms with E-state index in [0.717, 1.165) is 0 Å². The third-order valence-corrected chi connectivity index (χ3v) is 2.20. The van der Waals surface area contributed by atoms with Crippen molar-refractivity contribution in [2.45, 2.75) is 31.7 Å². The first-order valence-corrected chi connectivity index (χ1v) is 5.74. The van der Waals surface area contributed by atoms with Crippen molar-refractivity contribution in [3.8, 4) is 0 Å². The highest BCUT2D eigenvalue weighted by Gasteiger charge is 2.18. The van der Waals surface area contributed by atoms with Gasteiger partial charge in [0.25, 0.3) is 0 Å². The maximum atomic E-state index is 9.56. The number of aliphatic hydroxyl groups excluding tert-OH is 2. The average Bonchev–Trinajstić information content (AvgIpc) is 2.26. The minimum Gasteiger partial charge on any atom is -0.393 e. The van der Waals surface area contributed by atoms with Gasteiger partial charge in [-0.3, -0.25) is 0 Å². The van der Waals surface area contributed by atoms with Crippen molar-refractivity contribution < 1.29 is 24.8 Å². The molecule has 0 aliphatic heterocycles. The molecule has 0 amide bonds. The van der Waals surface area contributed by atoms with E-state index in [4.69, 9.17) is 14.6 Å². The van der Waals surface area contributed by atoms with E-state index in [0.29, 0.717) is 13.2 Å². The highest BCUT2D eigenvalue weighted by Crippen LogP contribution is 1.99. The van der Waals surface area contributed by atoms with Gasteiger partial charge < -0.3 is 30.1 Å². The van der Waals surface area contributed by atoms with Crippen LogP contribution in [-0.4, -0.2) is 73.1 Å². The smallest absolute Gasteiger partial charge is 0.0972 e.